The molecule has 1 aliphatic heterocycles. The number of rotatable bonds is 3. The van der Waals surface area contributed by atoms with Crippen LogP contribution < -0.4 is 10.2 Å². The van der Waals surface area contributed by atoms with E-state index in [1.165, 1.54) is 4.90 Å². The highest BCUT2D eigenvalue weighted by atomic mass is 16.5. The van der Waals surface area contributed by atoms with Crippen LogP contribution in [-0.4, -0.2) is 41.7 Å². The molecular weight excluding hydrogens is 182 g/mol. The van der Waals surface area contributed by atoms with E-state index in [0.29, 0.717) is 0 Å². The number of nitrogens with one attached hydrogen (secondary N) is 2. The summed E-state index contributed by atoms with van der Waals surface area (Å²) in [5.41, 5.74) is 0. The van der Waals surface area contributed by atoms with Crippen molar-refractivity contribution in [2.75, 3.05) is 32.2 Å². The fraction of sp³-hybridized carbons (Fsp3) is 0.750. The molecule has 1 aromatic rings. The molecule has 1 aliphatic rings. The van der Waals surface area contributed by atoms with Gasteiger partial charge in [0.2, 0.25) is 5.95 Å². The van der Waals surface area contributed by atoms with E-state index in [4.69, 9.17) is 4.74 Å². The lowest BCUT2D eigenvalue weighted by molar-refractivity contribution is -0.922. The van der Waals surface area contributed by atoms with Crippen LogP contribution in [0, 0.1) is 6.92 Å². The number of aromatic nitrogens is 3. The van der Waals surface area contributed by atoms with E-state index in [1.807, 2.05) is 11.6 Å². The maximum atomic E-state index is 5.04. The van der Waals surface area contributed by atoms with Crippen LogP contribution in [0.1, 0.15) is 5.82 Å². The number of ether oxygens (including phenoxy) is 1. The van der Waals surface area contributed by atoms with Gasteiger partial charge in [0.15, 0.2) is 13.3 Å². The number of anilines is 1. The largest absolute Gasteiger partial charge is 0.379 e. The Hall–Kier alpha value is -1.14. The van der Waals surface area contributed by atoms with Gasteiger partial charge in [0.1, 0.15) is 12.4 Å². The smallest absolute Gasteiger partial charge is 0.230 e. The first-order valence-electron chi connectivity index (χ1n) is 4.77. The summed E-state index contributed by atoms with van der Waals surface area (Å²) < 4.78 is 6.95. The van der Waals surface area contributed by atoms with E-state index in [1.54, 1.807) is 7.11 Å². The molecule has 14 heavy (non-hydrogen) atoms. The van der Waals surface area contributed by atoms with Gasteiger partial charge in [0.25, 0.3) is 0 Å². The zero-order valence-electron chi connectivity index (χ0n) is 8.58. The summed E-state index contributed by atoms with van der Waals surface area (Å²) in [6.07, 6.45) is 0. The Morgan fingerprint density at radius 1 is 1.64 bits per heavy atom. The fourth-order valence-corrected chi connectivity index (χ4v) is 1.58. The first-order chi connectivity index (χ1) is 6.79. The summed E-state index contributed by atoms with van der Waals surface area (Å²) in [5.74, 6) is 1.70. The molecule has 0 radical (unpaired) electrons. The van der Waals surface area contributed by atoms with Gasteiger partial charge in [-0.2, -0.15) is 9.67 Å². The van der Waals surface area contributed by atoms with E-state index in [0.717, 1.165) is 38.3 Å². The molecule has 2 rings (SSSR count). The standard InChI is InChI=1S/C8H15N5O/c1-7-10-8-9-5-12(3-4-14-2)6-13(8)11-7/h3-6H2,1-2H3,(H,9,10,11)/p+1. The molecule has 0 saturated carbocycles. The fourth-order valence-electron chi connectivity index (χ4n) is 1.58. The first-order valence-corrected chi connectivity index (χ1v) is 4.77. The van der Waals surface area contributed by atoms with Crippen LogP contribution in [0.25, 0.3) is 0 Å². The van der Waals surface area contributed by atoms with Crippen LogP contribution in [0.5, 0.6) is 0 Å². The van der Waals surface area contributed by atoms with Crippen LogP contribution in [0.4, 0.5) is 5.95 Å². The molecule has 0 saturated heterocycles. The average Bonchev–Trinajstić information content (AvgIpc) is 2.54. The molecule has 6 nitrogen and oxygen atoms in total. The van der Waals surface area contributed by atoms with Gasteiger partial charge < -0.3 is 10.1 Å². The van der Waals surface area contributed by atoms with Crippen molar-refractivity contribution in [2.24, 2.45) is 0 Å². The molecule has 0 aromatic carbocycles. The number of aryl methyl sites for hydroxylation is 1. The minimum atomic E-state index is 0.778. The monoisotopic (exact) mass is 198 g/mol. The quantitative estimate of drug-likeness (QED) is 0.618. The molecule has 2 N–H and O–H groups in total. The van der Waals surface area contributed by atoms with Gasteiger partial charge in [0, 0.05) is 7.11 Å². The number of methoxy groups -OCH3 is 1. The maximum absolute atomic E-state index is 5.04. The van der Waals surface area contributed by atoms with Crippen molar-refractivity contribution in [3.8, 4) is 0 Å². The van der Waals surface area contributed by atoms with Crippen LogP contribution in [0.2, 0.25) is 0 Å². The van der Waals surface area contributed by atoms with Crippen LogP contribution in [0.3, 0.4) is 0 Å². The molecule has 1 atom stereocenters. The predicted octanol–water partition coefficient (Wildman–Crippen LogP) is -1.54. The lowest BCUT2D eigenvalue weighted by Gasteiger charge is -2.24. The van der Waals surface area contributed by atoms with Crippen molar-refractivity contribution >= 4 is 5.95 Å². The molecule has 6 heteroatoms. The summed E-state index contributed by atoms with van der Waals surface area (Å²) in [5, 5.41) is 7.53. The van der Waals surface area contributed by atoms with E-state index >= 15 is 0 Å². The molecular formula is C8H16N5O+. The Balaban J connectivity index is 1.98. The molecule has 2 heterocycles. The van der Waals surface area contributed by atoms with Crippen molar-refractivity contribution < 1.29 is 9.64 Å². The lowest BCUT2D eigenvalue weighted by Crippen LogP contribution is -3.13. The van der Waals surface area contributed by atoms with Gasteiger partial charge in [-0.25, -0.2) is 0 Å². The molecule has 0 spiro atoms. The molecule has 0 bridgehead atoms. The zero-order chi connectivity index (χ0) is 9.97. The Morgan fingerprint density at radius 3 is 3.29 bits per heavy atom. The van der Waals surface area contributed by atoms with Gasteiger partial charge in [-0.05, 0) is 6.92 Å². The van der Waals surface area contributed by atoms with Crippen molar-refractivity contribution in [1.29, 1.82) is 0 Å². The second kappa shape index (κ2) is 3.93. The normalized spacial score (nSPS) is 20.3. The minimum Gasteiger partial charge on any atom is -0.379 e. The SMILES string of the molecule is COCC[NH+]1CNc2nc(C)nn2C1. The van der Waals surface area contributed by atoms with Crippen LogP contribution in [-0.2, 0) is 11.4 Å². The Morgan fingerprint density at radius 2 is 2.50 bits per heavy atom. The van der Waals surface area contributed by atoms with Crippen molar-refractivity contribution in [2.45, 2.75) is 13.6 Å². The summed E-state index contributed by atoms with van der Waals surface area (Å²) in [4.78, 5) is 5.67. The number of hydrogen-bond donors (Lipinski definition) is 2. The molecule has 0 amide bonds. The van der Waals surface area contributed by atoms with Gasteiger partial charge in [-0.15, -0.1) is 5.10 Å². The molecule has 1 unspecified atom stereocenters. The van der Waals surface area contributed by atoms with E-state index in [2.05, 4.69) is 15.4 Å². The summed E-state index contributed by atoms with van der Waals surface area (Å²) >= 11 is 0. The highest BCUT2D eigenvalue weighted by molar-refractivity contribution is 5.24. The Bertz CT molecular complexity index is 311. The van der Waals surface area contributed by atoms with E-state index in [-0.39, 0.29) is 0 Å². The Labute approximate surface area is 82.9 Å². The lowest BCUT2D eigenvalue weighted by atomic mass is 10.5. The summed E-state index contributed by atoms with van der Waals surface area (Å²) in [7, 11) is 1.72. The van der Waals surface area contributed by atoms with E-state index in [9.17, 15) is 0 Å². The van der Waals surface area contributed by atoms with Crippen LogP contribution >= 0.6 is 0 Å². The van der Waals surface area contributed by atoms with E-state index < -0.39 is 0 Å². The zero-order valence-corrected chi connectivity index (χ0v) is 8.58. The van der Waals surface area contributed by atoms with Gasteiger partial charge in [0.05, 0.1) is 6.61 Å². The third-order valence-electron chi connectivity index (χ3n) is 2.31. The predicted molar refractivity (Wildman–Crippen MR) is 51.0 cm³/mol. The molecule has 0 aliphatic carbocycles. The number of nitrogens with zero attached hydrogens (tertiary/aromatic N) is 3. The topological polar surface area (TPSA) is 56.4 Å². The molecule has 78 valence electrons. The molecule has 0 fully saturated rings. The van der Waals surface area contributed by atoms with Gasteiger partial charge >= 0.3 is 0 Å². The second-order valence-electron chi connectivity index (χ2n) is 3.49. The highest BCUT2D eigenvalue weighted by Crippen LogP contribution is 2.03. The third kappa shape index (κ3) is 1.85. The summed E-state index contributed by atoms with van der Waals surface area (Å²) in [6, 6.07) is 0. The van der Waals surface area contributed by atoms with Gasteiger partial charge in [-0.3, -0.25) is 4.90 Å². The van der Waals surface area contributed by atoms with Crippen molar-refractivity contribution in [3.63, 3.8) is 0 Å². The number of quaternary nitrogens is 1. The van der Waals surface area contributed by atoms with Gasteiger partial charge in [-0.1, -0.05) is 0 Å². The first kappa shape index (κ1) is 9.42. The highest BCUT2D eigenvalue weighted by Gasteiger charge is 2.19. The Kier molecular flexibility index (Phi) is 2.64. The minimum absolute atomic E-state index is 0.778. The van der Waals surface area contributed by atoms with Crippen molar-refractivity contribution in [3.05, 3.63) is 5.82 Å². The second-order valence-corrected chi connectivity index (χ2v) is 3.49. The summed E-state index contributed by atoms with van der Waals surface area (Å²) in [6.45, 7) is 5.43. The van der Waals surface area contributed by atoms with Crippen molar-refractivity contribution in [1.82, 2.24) is 14.8 Å². The number of hydrogen-bond acceptors (Lipinski definition) is 4. The maximum Gasteiger partial charge on any atom is 0.230 e. The van der Waals surface area contributed by atoms with Crippen LogP contribution in [0.15, 0.2) is 0 Å². The average molecular weight is 198 g/mol. The molecule has 1 aromatic heterocycles. The number of fused-ring (bicyclic) bond motifs is 1. The third-order valence-corrected chi connectivity index (χ3v) is 2.31.